The molecule has 1 aromatic rings. The van der Waals surface area contributed by atoms with E-state index in [4.69, 9.17) is 4.74 Å². The topological polar surface area (TPSA) is 32.8 Å². The highest BCUT2D eigenvalue weighted by atomic mass is 16.5. The number of rotatable bonds is 6. The zero-order valence-corrected chi connectivity index (χ0v) is 13.0. The van der Waals surface area contributed by atoms with Crippen molar-refractivity contribution in [3.8, 4) is 5.75 Å². The number of hydrogen-bond donors (Lipinski definition) is 0. The van der Waals surface area contributed by atoms with Crippen molar-refractivity contribution in [2.75, 3.05) is 46.4 Å². The van der Waals surface area contributed by atoms with Gasteiger partial charge in [-0.15, -0.1) is 0 Å². The van der Waals surface area contributed by atoms with Crippen LogP contribution in [0.3, 0.4) is 0 Å². The molecular formula is C17H24N2O2. The normalized spacial score (nSPS) is 16.7. The minimum Gasteiger partial charge on any atom is -0.489 e. The van der Waals surface area contributed by atoms with Crippen molar-refractivity contribution < 1.29 is 9.53 Å². The van der Waals surface area contributed by atoms with Gasteiger partial charge in [-0.1, -0.05) is 24.3 Å². The van der Waals surface area contributed by atoms with E-state index in [1.54, 1.807) is 6.08 Å². The van der Waals surface area contributed by atoms with Crippen LogP contribution in [0.4, 0.5) is 0 Å². The molecule has 1 saturated heterocycles. The Bertz CT molecular complexity index is 506. The standard InChI is InChI=1S/C17H24N2O2/c1-4-11-21-17-6-5-14(2)12-15(17)16(20)13-19-9-7-18(3)8-10-19/h4-6,12H,1,7-11,13H2,2-3H3. The van der Waals surface area contributed by atoms with E-state index < -0.39 is 0 Å². The SMILES string of the molecule is C=CCOc1ccc(C)cc1C(=O)CN1CCN(C)CC1. The minimum absolute atomic E-state index is 0.127. The lowest BCUT2D eigenvalue weighted by molar-refractivity contribution is 0.0873. The van der Waals surface area contributed by atoms with Gasteiger partial charge >= 0.3 is 0 Å². The zero-order chi connectivity index (χ0) is 15.2. The fraction of sp³-hybridized carbons (Fsp3) is 0.471. The summed E-state index contributed by atoms with van der Waals surface area (Å²) in [6, 6.07) is 5.75. The summed E-state index contributed by atoms with van der Waals surface area (Å²) in [5.74, 6) is 0.780. The molecule has 21 heavy (non-hydrogen) atoms. The highest BCUT2D eigenvalue weighted by Gasteiger charge is 2.19. The van der Waals surface area contributed by atoms with Crippen molar-refractivity contribution in [3.05, 3.63) is 42.0 Å². The molecule has 1 heterocycles. The van der Waals surface area contributed by atoms with Crippen LogP contribution in [0.5, 0.6) is 5.75 Å². The summed E-state index contributed by atoms with van der Waals surface area (Å²) in [7, 11) is 2.11. The first-order valence-electron chi connectivity index (χ1n) is 7.38. The van der Waals surface area contributed by atoms with Crippen LogP contribution in [0.2, 0.25) is 0 Å². The number of hydrogen-bond acceptors (Lipinski definition) is 4. The first-order valence-corrected chi connectivity index (χ1v) is 7.38. The Morgan fingerprint density at radius 1 is 1.33 bits per heavy atom. The average molecular weight is 288 g/mol. The number of Topliss-reactive ketones (excluding diaryl/α,β-unsaturated/α-hetero) is 1. The third-order valence-corrected chi connectivity index (χ3v) is 3.76. The Labute approximate surface area is 127 Å². The summed E-state index contributed by atoms with van der Waals surface area (Å²) < 4.78 is 5.60. The van der Waals surface area contributed by atoms with Crippen molar-refractivity contribution in [3.63, 3.8) is 0 Å². The first-order chi connectivity index (χ1) is 10.1. The number of piperazine rings is 1. The summed E-state index contributed by atoms with van der Waals surface area (Å²) in [6.45, 7) is 10.4. The molecular weight excluding hydrogens is 264 g/mol. The van der Waals surface area contributed by atoms with Gasteiger partial charge in [-0.25, -0.2) is 0 Å². The predicted molar refractivity (Wildman–Crippen MR) is 85.1 cm³/mol. The van der Waals surface area contributed by atoms with Crippen LogP contribution in [0, 0.1) is 6.92 Å². The van der Waals surface area contributed by atoms with Crippen LogP contribution in [0.1, 0.15) is 15.9 Å². The molecule has 0 aliphatic carbocycles. The van der Waals surface area contributed by atoms with Gasteiger partial charge in [0.25, 0.3) is 0 Å². The first kappa shape index (κ1) is 15.7. The van der Waals surface area contributed by atoms with E-state index in [1.165, 1.54) is 0 Å². The van der Waals surface area contributed by atoms with Crippen LogP contribution in [-0.4, -0.2) is 62.0 Å². The number of ketones is 1. The van der Waals surface area contributed by atoms with Crippen LogP contribution < -0.4 is 4.74 Å². The number of likely N-dealkylation sites (N-methyl/N-ethyl adjacent to an activating group) is 1. The Morgan fingerprint density at radius 2 is 2.05 bits per heavy atom. The van der Waals surface area contributed by atoms with Crippen LogP contribution in [-0.2, 0) is 0 Å². The fourth-order valence-corrected chi connectivity index (χ4v) is 2.43. The van der Waals surface area contributed by atoms with E-state index in [1.807, 2.05) is 25.1 Å². The molecule has 0 spiro atoms. The van der Waals surface area contributed by atoms with Gasteiger partial charge in [0.15, 0.2) is 5.78 Å². The minimum atomic E-state index is 0.127. The van der Waals surface area contributed by atoms with Crippen molar-refractivity contribution in [2.45, 2.75) is 6.92 Å². The van der Waals surface area contributed by atoms with Gasteiger partial charge in [-0.05, 0) is 26.1 Å². The summed E-state index contributed by atoms with van der Waals surface area (Å²) in [5.41, 5.74) is 1.75. The van der Waals surface area contributed by atoms with Crippen LogP contribution in [0.25, 0.3) is 0 Å². The number of ether oxygens (including phenoxy) is 1. The van der Waals surface area contributed by atoms with Gasteiger partial charge in [-0.3, -0.25) is 9.69 Å². The summed E-state index contributed by atoms with van der Waals surface area (Å²) in [4.78, 5) is 17.1. The van der Waals surface area contributed by atoms with E-state index in [0.29, 0.717) is 24.5 Å². The highest BCUT2D eigenvalue weighted by Crippen LogP contribution is 2.21. The van der Waals surface area contributed by atoms with Gasteiger partial charge in [0.05, 0.1) is 12.1 Å². The lowest BCUT2D eigenvalue weighted by Gasteiger charge is -2.31. The number of carbonyl (C=O) groups excluding carboxylic acids is 1. The predicted octanol–water partition coefficient (Wildman–Crippen LogP) is 1.99. The summed E-state index contributed by atoms with van der Waals surface area (Å²) >= 11 is 0. The number of nitrogens with zero attached hydrogens (tertiary/aromatic N) is 2. The zero-order valence-electron chi connectivity index (χ0n) is 13.0. The Balaban J connectivity index is 2.06. The fourth-order valence-electron chi connectivity index (χ4n) is 2.43. The van der Waals surface area contributed by atoms with Gasteiger partial charge in [0.2, 0.25) is 0 Å². The number of carbonyl (C=O) groups is 1. The lowest BCUT2D eigenvalue weighted by atomic mass is 10.1. The molecule has 1 fully saturated rings. The highest BCUT2D eigenvalue weighted by molar-refractivity contribution is 6.00. The maximum atomic E-state index is 12.6. The molecule has 2 rings (SSSR count). The Hall–Kier alpha value is -1.65. The van der Waals surface area contributed by atoms with Gasteiger partial charge in [0.1, 0.15) is 12.4 Å². The van der Waals surface area contributed by atoms with Crippen molar-refractivity contribution >= 4 is 5.78 Å². The maximum absolute atomic E-state index is 12.6. The van der Waals surface area contributed by atoms with E-state index in [2.05, 4.69) is 23.4 Å². The summed E-state index contributed by atoms with van der Waals surface area (Å²) in [6.07, 6.45) is 1.69. The van der Waals surface area contributed by atoms with Gasteiger partial charge < -0.3 is 9.64 Å². The molecule has 0 aromatic heterocycles. The second-order valence-corrected chi connectivity index (χ2v) is 5.60. The molecule has 0 saturated carbocycles. The lowest BCUT2D eigenvalue weighted by Crippen LogP contribution is -2.46. The van der Waals surface area contributed by atoms with Gasteiger partial charge in [0, 0.05) is 26.2 Å². The molecule has 4 heteroatoms. The van der Waals surface area contributed by atoms with E-state index >= 15 is 0 Å². The largest absolute Gasteiger partial charge is 0.489 e. The molecule has 1 aliphatic heterocycles. The Morgan fingerprint density at radius 3 is 2.71 bits per heavy atom. The average Bonchev–Trinajstić information content (AvgIpc) is 2.48. The Kier molecular flexibility index (Phi) is 5.53. The molecule has 4 nitrogen and oxygen atoms in total. The van der Waals surface area contributed by atoms with Crippen molar-refractivity contribution in [2.24, 2.45) is 0 Å². The van der Waals surface area contributed by atoms with Gasteiger partial charge in [-0.2, -0.15) is 0 Å². The molecule has 0 bridgehead atoms. The molecule has 0 N–H and O–H groups in total. The van der Waals surface area contributed by atoms with Crippen LogP contribution >= 0.6 is 0 Å². The maximum Gasteiger partial charge on any atom is 0.180 e. The second-order valence-electron chi connectivity index (χ2n) is 5.60. The molecule has 0 radical (unpaired) electrons. The smallest absolute Gasteiger partial charge is 0.180 e. The van der Waals surface area contributed by atoms with E-state index in [9.17, 15) is 4.79 Å². The molecule has 0 unspecified atom stereocenters. The monoisotopic (exact) mass is 288 g/mol. The third kappa shape index (κ3) is 4.41. The van der Waals surface area contributed by atoms with Crippen LogP contribution in [0.15, 0.2) is 30.9 Å². The van der Waals surface area contributed by atoms with Crippen molar-refractivity contribution in [1.82, 2.24) is 9.80 Å². The second kappa shape index (κ2) is 7.38. The van der Waals surface area contributed by atoms with E-state index in [-0.39, 0.29) is 5.78 Å². The number of aryl methyl sites for hydroxylation is 1. The number of benzene rings is 1. The molecule has 1 aromatic carbocycles. The molecule has 0 amide bonds. The third-order valence-electron chi connectivity index (χ3n) is 3.76. The summed E-state index contributed by atoms with van der Waals surface area (Å²) in [5, 5.41) is 0. The molecule has 0 atom stereocenters. The van der Waals surface area contributed by atoms with E-state index in [0.717, 1.165) is 31.7 Å². The van der Waals surface area contributed by atoms with Crippen molar-refractivity contribution in [1.29, 1.82) is 0 Å². The molecule has 1 aliphatic rings. The molecule has 114 valence electrons. The quantitative estimate of drug-likeness (QED) is 0.592.